The molecule has 2 N–H and O–H groups in total. The van der Waals surface area contributed by atoms with E-state index in [4.69, 9.17) is 23.2 Å². The highest BCUT2D eigenvalue weighted by molar-refractivity contribution is 7.99. The molecule has 0 spiro atoms. The third kappa shape index (κ3) is 4.54. The Balaban J connectivity index is 1.83. The van der Waals surface area contributed by atoms with Gasteiger partial charge in [-0.25, -0.2) is 0 Å². The van der Waals surface area contributed by atoms with Crippen molar-refractivity contribution in [1.82, 2.24) is 5.32 Å². The molecule has 0 bridgehead atoms. The minimum absolute atomic E-state index is 0.506. The number of benzene rings is 1. The van der Waals surface area contributed by atoms with Gasteiger partial charge < -0.3 is 10.4 Å². The number of thioether (sulfide) groups is 1. The molecule has 2 nitrogen and oxygen atoms in total. The standard InChI is InChI=1S/C15H21Cl2NOS/c1-20-12-5-3-11(4-6-12)18-9-15(19)13-8-10(16)2-7-14(13)17/h2,7-8,11-12,15,18-19H,3-6,9H2,1H3. The van der Waals surface area contributed by atoms with Crippen LogP contribution >= 0.6 is 35.0 Å². The third-order valence-electron chi connectivity index (χ3n) is 3.92. The Labute approximate surface area is 135 Å². The normalized spacial score (nSPS) is 24.6. The van der Waals surface area contributed by atoms with Crippen molar-refractivity contribution < 1.29 is 5.11 Å². The molecule has 1 aromatic rings. The summed E-state index contributed by atoms with van der Waals surface area (Å²) in [6, 6.07) is 5.70. The zero-order valence-electron chi connectivity index (χ0n) is 11.6. The van der Waals surface area contributed by atoms with Crippen LogP contribution in [-0.4, -0.2) is 29.2 Å². The van der Waals surface area contributed by atoms with Gasteiger partial charge in [-0.1, -0.05) is 23.2 Å². The number of hydrogen-bond donors (Lipinski definition) is 2. The highest BCUT2D eigenvalue weighted by Gasteiger charge is 2.21. The molecule has 0 aliphatic heterocycles. The van der Waals surface area contributed by atoms with Crippen molar-refractivity contribution >= 4 is 35.0 Å². The van der Waals surface area contributed by atoms with Gasteiger partial charge in [0, 0.05) is 33.4 Å². The van der Waals surface area contributed by atoms with Crippen molar-refractivity contribution in [2.75, 3.05) is 12.8 Å². The lowest BCUT2D eigenvalue weighted by Crippen LogP contribution is -2.36. The Morgan fingerprint density at radius 3 is 2.65 bits per heavy atom. The SMILES string of the molecule is CSC1CCC(NCC(O)c2cc(Cl)ccc2Cl)CC1. The van der Waals surface area contributed by atoms with Crippen LogP contribution in [0.1, 0.15) is 37.4 Å². The first kappa shape index (κ1) is 16.4. The minimum atomic E-state index is -0.612. The summed E-state index contributed by atoms with van der Waals surface area (Å²) in [6.07, 6.45) is 6.45. The lowest BCUT2D eigenvalue weighted by Gasteiger charge is -2.29. The van der Waals surface area contributed by atoms with Gasteiger partial charge in [0.2, 0.25) is 0 Å². The van der Waals surface area contributed by atoms with Crippen LogP contribution in [0, 0.1) is 0 Å². The van der Waals surface area contributed by atoms with Crippen molar-refractivity contribution in [1.29, 1.82) is 0 Å². The van der Waals surface area contributed by atoms with Crippen LogP contribution in [-0.2, 0) is 0 Å². The van der Waals surface area contributed by atoms with Crippen LogP contribution in [0.5, 0.6) is 0 Å². The fourth-order valence-corrected chi connectivity index (χ4v) is 3.83. The molecular formula is C15H21Cl2NOS. The molecule has 1 unspecified atom stereocenters. The summed E-state index contributed by atoms with van der Waals surface area (Å²) < 4.78 is 0. The Hall–Kier alpha value is 0.0700. The molecule has 1 aliphatic rings. The molecule has 112 valence electrons. The van der Waals surface area contributed by atoms with Gasteiger partial charge in [-0.3, -0.25) is 0 Å². The van der Waals surface area contributed by atoms with E-state index in [-0.39, 0.29) is 0 Å². The molecule has 0 saturated heterocycles. The summed E-state index contributed by atoms with van der Waals surface area (Å²) in [5.41, 5.74) is 0.699. The zero-order valence-corrected chi connectivity index (χ0v) is 13.9. The molecule has 0 radical (unpaired) electrons. The number of aliphatic hydroxyl groups is 1. The molecule has 1 saturated carbocycles. The maximum atomic E-state index is 10.2. The topological polar surface area (TPSA) is 32.3 Å². The lowest BCUT2D eigenvalue weighted by atomic mass is 9.94. The molecule has 0 aromatic heterocycles. The van der Waals surface area contributed by atoms with Gasteiger partial charge in [0.05, 0.1) is 6.10 Å². The van der Waals surface area contributed by atoms with Gasteiger partial charge in [0.1, 0.15) is 0 Å². The molecule has 5 heteroatoms. The Morgan fingerprint density at radius 2 is 2.00 bits per heavy atom. The van der Waals surface area contributed by atoms with Gasteiger partial charge >= 0.3 is 0 Å². The Kier molecular flexibility index (Phi) is 6.50. The Morgan fingerprint density at radius 1 is 1.30 bits per heavy atom. The monoisotopic (exact) mass is 333 g/mol. The predicted octanol–water partition coefficient (Wildman–Crippen LogP) is 4.29. The van der Waals surface area contributed by atoms with Crippen molar-refractivity contribution in [2.24, 2.45) is 0 Å². The fraction of sp³-hybridized carbons (Fsp3) is 0.600. The van der Waals surface area contributed by atoms with E-state index in [0.29, 0.717) is 28.2 Å². The third-order valence-corrected chi connectivity index (χ3v) is 5.64. The quantitative estimate of drug-likeness (QED) is 0.842. The van der Waals surface area contributed by atoms with Gasteiger partial charge in [-0.2, -0.15) is 11.8 Å². The first-order valence-electron chi connectivity index (χ1n) is 6.99. The number of rotatable bonds is 5. The number of halogens is 2. The van der Waals surface area contributed by atoms with E-state index in [9.17, 15) is 5.11 Å². The predicted molar refractivity (Wildman–Crippen MR) is 89.0 cm³/mol. The van der Waals surface area contributed by atoms with Gasteiger partial charge in [0.15, 0.2) is 0 Å². The maximum Gasteiger partial charge on any atom is 0.0929 e. The average Bonchev–Trinajstić information content (AvgIpc) is 2.47. The Bertz CT molecular complexity index is 436. The summed E-state index contributed by atoms with van der Waals surface area (Å²) in [7, 11) is 0. The van der Waals surface area contributed by atoms with Crippen molar-refractivity contribution in [3.63, 3.8) is 0 Å². The van der Waals surface area contributed by atoms with E-state index in [1.807, 2.05) is 11.8 Å². The average molecular weight is 334 g/mol. The molecular weight excluding hydrogens is 313 g/mol. The summed E-state index contributed by atoms with van der Waals surface area (Å²) in [6.45, 7) is 0.522. The first-order chi connectivity index (χ1) is 9.60. The first-order valence-corrected chi connectivity index (χ1v) is 9.03. The van der Waals surface area contributed by atoms with Crippen molar-refractivity contribution in [3.05, 3.63) is 33.8 Å². The number of aliphatic hydroxyl groups excluding tert-OH is 1. The second kappa shape index (κ2) is 7.90. The second-order valence-electron chi connectivity index (χ2n) is 5.30. The minimum Gasteiger partial charge on any atom is -0.387 e. The van der Waals surface area contributed by atoms with E-state index >= 15 is 0 Å². The summed E-state index contributed by atoms with van der Waals surface area (Å²) in [5.74, 6) is 0. The van der Waals surface area contributed by atoms with Crippen LogP contribution in [0.25, 0.3) is 0 Å². The van der Waals surface area contributed by atoms with Crippen LogP contribution in [0.15, 0.2) is 18.2 Å². The van der Waals surface area contributed by atoms with Crippen molar-refractivity contribution in [3.8, 4) is 0 Å². The van der Waals surface area contributed by atoms with Crippen LogP contribution in [0.4, 0.5) is 0 Å². The lowest BCUT2D eigenvalue weighted by molar-refractivity contribution is 0.166. The van der Waals surface area contributed by atoms with Crippen LogP contribution in [0.2, 0.25) is 10.0 Å². The van der Waals surface area contributed by atoms with E-state index in [1.54, 1.807) is 18.2 Å². The molecule has 20 heavy (non-hydrogen) atoms. The number of nitrogens with one attached hydrogen (secondary N) is 1. The smallest absolute Gasteiger partial charge is 0.0929 e. The molecule has 1 aliphatic carbocycles. The summed E-state index contributed by atoms with van der Waals surface area (Å²) in [5, 5.41) is 15.7. The fourth-order valence-electron chi connectivity index (χ4n) is 2.66. The largest absolute Gasteiger partial charge is 0.387 e. The van der Waals surface area contributed by atoms with Crippen LogP contribution in [0.3, 0.4) is 0 Å². The number of hydrogen-bond acceptors (Lipinski definition) is 3. The van der Waals surface area contributed by atoms with E-state index in [1.165, 1.54) is 25.7 Å². The summed E-state index contributed by atoms with van der Waals surface area (Å²) in [4.78, 5) is 0. The van der Waals surface area contributed by atoms with Gasteiger partial charge in [0.25, 0.3) is 0 Å². The molecule has 1 aromatic carbocycles. The maximum absolute atomic E-state index is 10.2. The molecule has 0 amide bonds. The summed E-state index contributed by atoms with van der Waals surface area (Å²) >= 11 is 14.0. The van der Waals surface area contributed by atoms with E-state index in [0.717, 1.165) is 5.25 Å². The van der Waals surface area contributed by atoms with E-state index in [2.05, 4.69) is 11.6 Å². The highest BCUT2D eigenvalue weighted by atomic mass is 35.5. The zero-order chi connectivity index (χ0) is 14.5. The molecule has 1 fully saturated rings. The van der Waals surface area contributed by atoms with E-state index < -0.39 is 6.10 Å². The van der Waals surface area contributed by atoms with Gasteiger partial charge in [-0.05, 0) is 50.1 Å². The van der Waals surface area contributed by atoms with Gasteiger partial charge in [-0.15, -0.1) is 0 Å². The highest BCUT2D eigenvalue weighted by Crippen LogP contribution is 2.28. The van der Waals surface area contributed by atoms with Crippen LogP contribution < -0.4 is 5.32 Å². The molecule has 2 rings (SSSR count). The second-order valence-corrected chi connectivity index (χ2v) is 7.28. The molecule has 1 atom stereocenters. The van der Waals surface area contributed by atoms with Crippen molar-refractivity contribution in [2.45, 2.75) is 43.1 Å². The molecule has 0 heterocycles.